The first-order chi connectivity index (χ1) is 11.1. The number of rotatable bonds is 4. The molecule has 0 bridgehead atoms. The molecule has 0 spiro atoms. The van der Waals surface area contributed by atoms with Gasteiger partial charge in [0.2, 0.25) is 0 Å². The number of hydrogen-bond acceptors (Lipinski definition) is 4. The van der Waals surface area contributed by atoms with Crippen LogP contribution in [0.2, 0.25) is 0 Å². The summed E-state index contributed by atoms with van der Waals surface area (Å²) < 4.78 is 0. The van der Waals surface area contributed by atoms with Crippen LogP contribution in [0.15, 0.2) is 42.5 Å². The molecule has 0 fully saturated rings. The summed E-state index contributed by atoms with van der Waals surface area (Å²) in [6.07, 6.45) is 0. The van der Waals surface area contributed by atoms with Crippen molar-refractivity contribution in [1.82, 2.24) is 15.8 Å². The Bertz CT molecular complexity index is 835. The molecule has 2 aromatic heterocycles. The second-order valence-electron chi connectivity index (χ2n) is 5.11. The molecule has 2 heterocycles. The van der Waals surface area contributed by atoms with Crippen LogP contribution in [-0.4, -0.2) is 22.0 Å². The number of H-pyrrole nitrogens is 1. The number of carbonyl (C=O) groups excluding carboxylic acids is 2. The molecule has 3 rings (SSSR count). The van der Waals surface area contributed by atoms with Crippen LogP contribution in [0.5, 0.6) is 0 Å². The smallest absolute Gasteiger partial charge is 0.284 e. The summed E-state index contributed by atoms with van der Waals surface area (Å²) in [6.45, 7) is 1.84. The van der Waals surface area contributed by atoms with Crippen molar-refractivity contribution in [3.63, 3.8) is 0 Å². The fourth-order valence-electron chi connectivity index (χ4n) is 2.30. The molecule has 0 saturated heterocycles. The Morgan fingerprint density at radius 2 is 1.96 bits per heavy atom. The van der Waals surface area contributed by atoms with E-state index >= 15 is 0 Å². The lowest BCUT2D eigenvalue weighted by molar-refractivity contribution is 0.0711. The molecule has 1 atom stereocenters. The number of aromatic nitrogens is 1. The van der Waals surface area contributed by atoms with Crippen LogP contribution in [-0.2, 0) is 0 Å². The molecule has 0 radical (unpaired) electrons. The zero-order valence-corrected chi connectivity index (χ0v) is 13.1. The lowest BCUT2D eigenvalue weighted by Crippen LogP contribution is -2.26. The van der Waals surface area contributed by atoms with Crippen LogP contribution in [0.1, 0.15) is 38.0 Å². The van der Waals surface area contributed by atoms with Gasteiger partial charge in [-0.05, 0) is 31.2 Å². The van der Waals surface area contributed by atoms with Gasteiger partial charge in [0.1, 0.15) is 5.69 Å². The molecular weight excluding hydrogens is 314 g/mol. The van der Waals surface area contributed by atoms with Crippen molar-refractivity contribution in [2.45, 2.75) is 13.0 Å². The third-order valence-electron chi connectivity index (χ3n) is 3.50. The van der Waals surface area contributed by atoms with Crippen LogP contribution >= 0.6 is 11.3 Å². The van der Waals surface area contributed by atoms with Crippen LogP contribution in [0.4, 0.5) is 0 Å². The van der Waals surface area contributed by atoms with E-state index < -0.39 is 5.91 Å². The molecule has 23 heavy (non-hydrogen) atoms. The van der Waals surface area contributed by atoms with E-state index in [9.17, 15) is 9.59 Å². The molecule has 3 aromatic rings. The Balaban J connectivity index is 1.74. The standard InChI is InChI=1S/C16H15N3O3S/c1-9(13-6-7-14(23-13)16(21)19-22)17-15(20)12-8-10-4-2-3-5-11(10)18-12/h2-9,18,22H,1H3,(H,17,20)(H,19,21)/t9-/m1/s1. The fourth-order valence-corrected chi connectivity index (χ4v) is 3.20. The van der Waals surface area contributed by atoms with E-state index in [0.717, 1.165) is 15.8 Å². The normalized spacial score (nSPS) is 12.1. The predicted molar refractivity (Wildman–Crippen MR) is 87.8 cm³/mol. The maximum atomic E-state index is 12.3. The molecule has 0 unspecified atom stereocenters. The Labute approximate surface area is 136 Å². The van der Waals surface area contributed by atoms with Crippen molar-refractivity contribution in [3.05, 3.63) is 57.9 Å². The zero-order valence-electron chi connectivity index (χ0n) is 12.3. The summed E-state index contributed by atoms with van der Waals surface area (Å²) in [7, 11) is 0. The van der Waals surface area contributed by atoms with E-state index in [1.54, 1.807) is 23.7 Å². The van der Waals surface area contributed by atoms with Gasteiger partial charge in [-0.15, -0.1) is 11.3 Å². The van der Waals surface area contributed by atoms with Gasteiger partial charge >= 0.3 is 0 Å². The number of carbonyl (C=O) groups is 2. The van der Waals surface area contributed by atoms with Crippen molar-refractivity contribution in [1.29, 1.82) is 0 Å². The summed E-state index contributed by atoms with van der Waals surface area (Å²) >= 11 is 1.22. The van der Waals surface area contributed by atoms with Gasteiger partial charge in [0.25, 0.3) is 11.8 Å². The van der Waals surface area contributed by atoms with Gasteiger partial charge in [-0.3, -0.25) is 14.8 Å². The van der Waals surface area contributed by atoms with Crippen molar-refractivity contribution in [2.75, 3.05) is 0 Å². The number of nitrogens with one attached hydrogen (secondary N) is 3. The highest BCUT2D eigenvalue weighted by atomic mass is 32.1. The zero-order chi connectivity index (χ0) is 16.4. The maximum absolute atomic E-state index is 12.3. The van der Waals surface area contributed by atoms with Crippen molar-refractivity contribution in [3.8, 4) is 0 Å². The number of thiophene rings is 1. The second kappa shape index (κ2) is 6.23. The minimum absolute atomic E-state index is 0.213. The highest BCUT2D eigenvalue weighted by Gasteiger charge is 2.16. The SMILES string of the molecule is C[C@@H](NC(=O)c1cc2ccccc2[nH]1)c1ccc(C(=O)NO)s1. The van der Waals surface area contributed by atoms with E-state index in [2.05, 4.69) is 10.3 Å². The van der Waals surface area contributed by atoms with Gasteiger partial charge in [0.05, 0.1) is 10.9 Å². The number of para-hydroxylation sites is 1. The summed E-state index contributed by atoms with van der Waals surface area (Å²) in [5.74, 6) is -0.773. The molecule has 4 N–H and O–H groups in total. The van der Waals surface area contributed by atoms with Crippen molar-refractivity contribution in [2.24, 2.45) is 0 Å². The maximum Gasteiger partial charge on any atom is 0.284 e. The average Bonchev–Trinajstić information content (AvgIpc) is 3.20. The van der Waals surface area contributed by atoms with E-state index in [1.165, 1.54) is 11.3 Å². The van der Waals surface area contributed by atoms with Crippen LogP contribution in [0.25, 0.3) is 10.9 Å². The first kappa shape index (κ1) is 15.3. The number of hydrogen-bond donors (Lipinski definition) is 4. The van der Waals surface area contributed by atoms with Gasteiger partial charge in [-0.25, -0.2) is 5.48 Å². The Hall–Kier alpha value is -2.64. The molecule has 118 valence electrons. The molecule has 1 aromatic carbocycles. The molecule has 0 aliphatic heterocycles. The van der Waals surface area contributed by atoms with Crippen LogP contribution < -0.4 is 10.8 Å². The number of hydroxylamine groups is 1. The third-order valence-corrected chi connectivity index (χ3v) is 4.77. The molecule has 0 aliphatic rings. The molecule has 2 amide bonds. The van der Waals surface area contributed by atoms with Crippen molar-refractivity contribution >= 4 is 34.1 Å². The summed E-state index contributed by atoms with van der Waals surface area (Å²) in [6, 6.07) is 12.6. The quantitative estimate of drug-likeness (QED) is 0.438. The minimum Gasteiger partial charge on any atom is -0.351 e. The fraction of sp³-hybridized carbons (Fsp3) is 0.125. The van der Waals surface area contributed by atoms with E-state index in [4.69, 9.17) is 5.21 Å². The number of benzene rings is 1. The summed E-state index contributed by atoms with van der Waals surface area (Å²) in [4.78, 5) is 28.0. The third kappa shape index (κ3) is 3.10. The monoisotopic (exact) mass is 329 g/mol. The molecular formula is C16H15N3O3S. The largest absolute Gasteiger partial charge is 0.351 e. The Morgan fingerprint density at radius 1 is 1.17 bits per heavy atom. The number of amides is 2. The highest BCUT2D eigenvalue weighted by molar-refractivity contribution is 7.14. The average molecular weight is 329 g/mol. The van der Waals surface area contributed by atoms with E-state index in [1.807, 2.05) is 31.2 Å². The van der Waals surface area contributed by atoms with E-state index in [-0.39, 0.29) is 11.9 Å². The lowest BCUT2D eigenvalue weighted by atomic mass is 10.2. The molecule has 0 aliphatic carbocycles. The number of aromatic amines is 1. The van der Waals surface area contributed by atoms with Gasteiger partial charge in [-0.2, -0.15) is 0 Å². The summed E-state index contributed by atoms with van der Waals surface area (Å²) in [5.41, 5.74) is 2.99. The highest BCUT2D eigenvalue weighted by Crippen LogP contribution is 2.23. The van der Waals surface area contributed by atoms with Gasteiger partial charge in [0.15, 0.2) is 0 Å². The summed E-state index contributed by atoms with van der Waals surface area (Å²) in [5, 5.41) is 12.5. The van der Waals surface area contributed by atoms with Crippen LogP contribution in [0, 0.1) is 0 Å². The van der Waals surface area contributed by atoms with Crippen molar-refractivity contribution < 1.29 is 14.8 Å². The Kier molecular flexibility index (Phi) is 4.14. The van der Waals surface area contributed by atoms with Crippen LogP contribution in [0.3, 0.4) is 0 Å². The Morgan fingerprint density at radius 3 is 2.70 bits per heavy atom. The molecule has 6 nitrogen and oxygen atoms in total. The topological polar surface area (TPSA) is 94.2 Å². The molecule has 0 saturated carbocycles. The number of fused-ring (bicyclic) bond motifs is 1. The first-order valence-electron chi connectivity index (χ1n) is 7.01. The van der Waals surface area contributed by atoms with Gasteiger partial charge in [-0.1, -0.05) is 18.2 Å². The lowest BCUT2D eigenvalue weighted by Gasteiger charge is -2.11. The van der Waals surface area contributed by atoms with Gasteiger partial charge < -0.3 is 10.3 Å². The second-order valence-corrected chi connectivity index (χ2v) is 6.22. The van der Waals surface area contributed by atoms with E-state index in [0.29, 0.717) is 10.6 Å². The predicted octanol–water partition coefficient (Wildman–Crippen LogP) is 2.84. The molecule has 7 heteroatoms. The minimum atomic E-state index is -0.560. The first-order valence-corrected chi connectivity index (χ1v) is 7.83. The van der Waals surface area contributed by atoms with Gasteiger partial charge in [0, 0.05) is 15.8 Å².